The Balaban J connectivity index is 1.68. The lowest BCUT2D eigenvalue weighted by atomic mass is 10.1. The normalized spacial score (nSPS) is 19.4. The maximum Gasteiger partial charge on any atom is 0.243 e. The van der Waals surface area contributed by atoms with Crippen LogP contribution in [0.4, 0.5) is 0 Å². The van der Waals surface area contributed by atoms with Crippen molar-refractivity contribution in [3.05, 3.63) is 23.8 Å². The number of amides is 3. The van der Waals surface area contributed by atoms with E-state index in [1.807, 2.05) is 25.1 Å². The van der Waals surface area contributed by atoms with Crippen LogP contribution in [0.2, 0.25) is 0 Å². The van der Waals surface area contributed by atoms with Gasteiger partial charge in [0.15, 0.2) is 11.5 Å². The summed E-state index contributed by atoms with van der Waals surface area (Å²) < 4.78 is 11.3. The lowest BCUT2D eigenvalue weighted by molar-refractivity contribution is -0.146. The minimum absolute atomic E-state index is 0.175. The van der Waals surface area contributed by atoms with Gasteiger partial charge in [-0.1, -0.05) is 6.07 Å². The first kappa shape index (κ1) is 17.3. The highest BCUT2D eigenvalue weighted by atomic mass is 16.5. The number of likely N-dealkylation sites (tertiary alicyclic amines) is 1. The van der Waals surface area contributed by atoms with E-state index in [4.69, 9.17) is 9.47 Å². The molecule has 0 saturated carbocycles. The third kappa shape index (κ3) is 3.60. The Morgan fingerprint density at radius 2 is 1.72 bits per heavy atom. The zero-order chi connectivity index (χ0) is 18.0. The number of ether oxygens (including phenoxy) is 2. The van der Waals surface area contributed by atoms with Gasteiger partial charge in [0.05, 0.1) is 19.3 Å². The summed E-state index contributed by atoms with van der Waals surface area (Å²) in [4.78, 5) is 37.0. The summed E-state index contributed by atoms with van der Waals surface area (Å²) in [6.07, 6.45) is 1.17. The molecule has 3 amide bonds. The van der Waals surface area contributed by atoms with Gasteiger partial charge in [0.25, 0.3) is 0 Å². The number of carbonyl (C=O) groups excluding carboxylic acids is 3. The van der Waals surface area contributed by atoms with E-state index in [-0.39, 0.29) is 36.6 Å². The molecule has 1 N–H and O–H groups in total. The molecular formula is C18H22N2O5. The first-order chi connectivity index (χ1) is 12.0. The molecule has 1 fully saturated rings. The second-order valence-corrected chi connectivity index (χ2v) is 6.32. The van der Waals surface area contributed by atoms with Crippen LogP contribution in [0.5, 0.6) is 11.5 Å². The smallest absolute Gasteiger partial charge is 0.243 e. The molecule has 2 aliphatic heterocycles. The lowest BCUT2D eigenvalue weighted by Gasteiger charge is -2.24. The van der Waals surface area contributed by atoms with Crippen molar-refractivity contribution in [2.75, 3.05) is 13.2 Å². The Hall–Kier alpha value is -2.57. The summed E-state index contributed by atoms with van der Waals surface area (Å²) in [5.41, 5.74) is 0.865. The first-order valence-corrected chi connectivity index (χ1v) is 8.52. The summed E-state index contributed by atoms with van der Waals surface area (Å²) in [7, 11) is 0. The van der Waals surface area contributed by atoms with Gasteiger partial charge in [-0.3, -0.25) is 19.3 Å². The van der Waals surface area contributed by atoms with Gasteiger partial charge in [-0.2, -0.15) is 0 Å². The number of carbonyl (C=O) groups is 3. The van der Waals surface area contributed by atoms with E-state index < -0.39 is 6.04 Å². The highest BCUT2D eigenvalue weighted by Gasteiger charge is 2.36. The molecule has 1 aromatic rings. The number of benzene rings is 1. The maximum absolute atomic E-state index is 12.4. The summed E-state index contributed by atoms with van der Waals surface area (Å²) in [5.74, 6) is 0.408. The fourth-order valence-corrected chi connectivity index (χ4v) is 3.01. The molecule has 2 heterocycles. The van der Waals surface area contributed by atoms with E-state index >= 15 is 0 Å². The third-order valence-corrected chi connectivity index (χ3v) is 4.49. The molecule has 0 aliphatic carbocycles. The van der Waals surface area contributed by atoms with E-state index in [9.17, 15) is 14.4 Å². The van der Waals surface area contributed by atoms with Crippen molar-refractivity contribution in [2.24, 2.45) is 0 Å². The van der Waals surface area contributed by atoms with Crippen molar-refractivity contribution in [3.63, 3.8) is 0 Å². The van der Waals surface area contributed by atoms with Gasteiger partial charge in [0, 0.05) is 19.3 Å². The van der Waals surface area contributed by atoms with Crippen LogP contribution in [0, 0.1) is 0 Å². The van der Waals surface area contributed by atoms with Crippen molar-refractivity contribution in [2.45, 2.75) is 45.2 Å². The highest BCUT2D eigenvalue weighted by molar-refractivity contribution is 6.05. The molecule has 7 heteroatoms. The molecule has 134 valence electrons. The van der Waals surface area contributed by atoms with Gasteiger partial charge in [-0.05, 0) is 31.5 Å². The quantitative estimate of drug-likeness (QED) is 0.837. The van der Waals surface area contributed by atoms with Crippen LogP contribution < -0.4 is 14.8 Å². The van der Waals surface area contributed by atoms with E-state index in [0.717, 1.165) is 16.9 Å². The molecule has 2 atom stereocenters. The summed E-state index contributed by atoms with van der Waals surface area (Å²) in [6, 6.07) is 4.44. The van der Waals surface area contributed by atoms with Gasteiger partial charge >= 0.3 is 0 Å². The Morgan fingerprint density at radius 1 is 1.08 bits per heavy atom. The fraction of sp³-hybridized carbons (Fsp3) is 0.500. The van der Waals surface area contributed by atoms with Gasteiger partial charge < -0.3 is 14.8 Å². The number of hydrogen-bond donors (Lipinski definition) is 1. The van der Waals surface area contributed by atoms with Gasteiger partial charge in [0.2, 0.25) is 17.7 Å². The van der Waals surface area contributed by atoms with Crippen LogP contribution in [-0.4, -0.2) is 41.9 Å². The SMILES string of the molecule is C[C@H](C(=O)N[C@H](C)c1ccc2c(c1)OCCCO2)N1C(=O)CCC1=O. The molecule has 7 nitrogen and oxygen atoms in total. The number of hydrogen-bond acceptors (Lipinski definition) is 5. The number of rotatable bonds is 4. The molecule has 0 unspecified atom stereocenters. The molecule has 0 aromatic heterocycles. The topological polar surface area (TPSA) is 84.9 Å². The predicted molar refractivity (Wildman–Crippen MR) is 89.2 cm³/mol. The molecule has 25 heavy (non-hydrogen) atoms. The minimum atomic E-state index is -0.814. The van der Waals surface area contributed by atoms with Crippen LogP contribution in [0.1, 0.15) is 44.7 Å². The standard InChI is InChI=1S/C18H22N2O5/c1-11(13-4-5-14-15(10-13)25-9-3-8-24-14)19-18(23)12(2)20-16(21)6-7-17(20)22/h4-5,10-12H,3,6-9H2,1-2H3,(H,19,23)/t11-,12-/m1/s1. The molecule has 1 saturated heterocycles. The van der Waals surface area contributed by atoms with Gasteiger partial charge in [-0.25, -0.2) is 0 Å². The molecule has 0 bridgehead atoms. The average molecular weight is 346 g/mol. The maximum atomic E-state index is 12.4. The Bertz CT molecular complexity index is 687. The molecule has 2 aliphatic rings. The van der Waals surface area contributed by atoms with Crippen molar-refractivity contribution in [1.82, 2.24) is 10.2 Å². The van der Waals surface area contributed by atoms with E-state index in [0.29, 0.717) is 24.7 Å². The number of fused-ring (bicyclic) bond motifs is 1. The van der Waals surface area contributed by atoms with Crippen molar-refractivity contribution < 1.29 is 23.9 Å². The van der Waals surface area contributed by atoms with E-state index in [1.54, 1.807) is 6.92 Å². The van der Waals surface area contributed by atoms with Crippen LogP contribution in [-0.2, 0) is 14.4 Å². The van der Waals surface area contributed by atoms with Crippen LogP contribution in [0.25, 0.3) is 0 Å². The van der Waals surface area contributed by atoms with Crippen LogP contribution in [0.3, 0.4) is 0 Å². The Morgan fingerprint density at radius 3 is 2.40 bits per heavy atom. The molecular weight excluding hydrogens is 324 g/mol. The van der Waals surface area contributed by atoms with Gasteiger partial charge in [-0.15, -0.1) is 0 Å². The monoisotopic (exact) mass is 346 g/mol. The minimum Gasteiger partial charge on any atom is -0.490 e. The second kappa shape index (κ2) is 7.13. The zero-order valence-electron chi connectivity index (χ0n) is 14.4. The lowest BCUT2D eigenvalue weighted by Crippen LogP contribution is -2.48. The second-order valence-electron chi connectivity index (χ2n) is 6.32. The predicted octanol–water partition coefficient (Wildman–Crippen LogP) is 1.56. The largest absolute Gasteiger partial charge is 0.490 e. The summed E-state index contributed by atoms with van der Waals surface area (Å²) in [5, 5.41) is 2.85. The van der Waals surface area contributed by atoms with Crippen molar-refractivity contribution in [1.29, 1.82) is 0 Å². The van der Waals surface area contributed by atoms with Crippen LogP contribution in [0.15, 0.2) is 18.2 Å². The van der Waals surface area contributed by atoms with Crippen molar-refractivity contribution in [3.8, 4) is 11.5 Å². The summed E-state index contributed by atoms with van der Waals surface area (Å²) >= 11 is 0. The highest BCUT2D eigenvalue weighted by Crippen LogP contribution is 2.32. The molecule has 3 rings (SSSR count). The fourth-order valence-electron chi connectivity index (χ4n) is 3.01. The zero-order valence-corrected chi connectivity index (χ0v) is 14.4. The molecule has 1 aromatic carbocycles. The molecule has 0 radical (unpaired) electrons. The number of imide groups is 1. The number of nitrogens with one attached hydrogen (secondary N) is 1. The third-order valence-electron chi connectivity index (χ3n) is 4.49. The van der Waals surface area contributed by atoms with E-state index in [1.165, 1.54) is 0 Å². The first-order valence-electron chi connectivity index (χ1n) is 8.52. The molecule has 0 spiro atoms. The average Bonchev–Trinajstić information content (AvgIpc) is 2.80. The Kier molecular flexibility index (Phi) is 4.92. The van der Waals surface area contributed by atoms with Crippen LogP contribution >= 0.6 is 0 Å². The Labute approximate surface area is 146 Å². The van der Waals surface area contributed by atoms with Gasteiger partial charge in [0.1, 0.15) is 6.04 Å². The number of nitrogens with zero attached hydrogens (tertiary/aromatic N) is 1. The van der Waals surface area contributed by atoms with E-state index in [2.05, 4.69) is 5.32 Å². The summed E-state index contributed by atoms with van der Waals surface area (Å²) in [6.45, 7) is 4.62. The van der Waals surface area contributed by atoms with Crippen molar-refractivity contribution >= 4 is 17.7 Å².